The second kappa shape index (κ2) is 5.56. The number of carbonyl (C=O) groups excluding carboxylic acids is 2. The zero-order valence-corrected chi connectivity index (χ0v) is 11.4. The molecule has 4 nitrogen and oxygen atoms in total. The lowest BCUT2D eigenvalue weighted by Crippen LogP contribution is -2.11. The van der Waals surface area contributed by atoms with Crippen LogP contribution < -0.4 is 5.73 Å². The van der Waals surface area contributed by atoms with Gasteiger partial charge in [-0.25, -0.2) is 9.37 Å². The fourth-order valence-corrected chi connectivity index (χ4v) is 2.14. The summed E-state index contributed by atoms with van der Waals surface area (Å²) in [6.07, 6.45) is 1.27. The van der Waals surface area contributed by atoms with Gasteiger partial charge in [0, 0.05) is 17.3 Å². The molecule has 0 aliphatic carbocycles. The first-order valence-electron chi connectivity index (χ1n) is 5.36. The minimum Gasteiger partial charge on any atom is -0.383 e. The van der Waals surface area contributed by atoms with Crippen molar-refractivity contribution in [1.82, 2.24) is 4.98 Å². The molecule has 0 saturated carbocycles. The van der Waals surface area contributed by atoms with Gasteiger partial charge < -0.3 is 5.73 Å². The predicted octanol–water partition coefficient (Wildman–Crippen LogP) is 3.07. The van der Waals surface area contributed by atoms with E-state index in [1.54, 1.807) is 0 Å². The summed E-state index contributed by atoms with van der Waals surface area (Å²) in [6.45, 7) is 0. The zero-order valence-electron chi connectivity index (χ0n) is 9.86. The Labute approximate surface area is 123 Å². The summed E-state index contributed by atoms with van der Waals surface area (Å²) in [7, 11) is 0. The minimum absolute atomic E-state index is 0.0361. The van der Waals surface area contributed by atoms with Crippen molar-refractivity contribution < 1.29 is 14.0 Å². The first kappa shape index (κ1) is 14.4. The van der Waals surface area contributed by atoms with Crippen molar-refractivity contribution >= 4 is 40.0 Å². The van der Waals surface area contributed by atoms with Gasteiger partial charge in [0.2, 0.25) is 0 Å². The highest BCUT2D eigenvalue weighted by molar-refractivity contribution is 6.68. The highest BCUT2D eigenvalue weighted by Gasteiger charge is 2.22. The molecule has 0 unspecified atom stereocenters. The van der Waals surface area contributed by atoms with Gasteiger partial charge in [-0.2, -0.15) is 0 Å². The van der Waals surface area contributed by atoms with Gasteiger partial charge in [0.1, 0.15) is 11.6 Å². The van der Waals surface area contributed by atoms with Gasteiger partial charge >= 0.3 is 0 Å². The number of ketones is 1. The van der Waals surface area contributed by atoms with Crippen LogP contribution in [0.4, 0.5) is 10.2 Å². The Balaban J connectivity index is 2.60. The van der Waals surface area contributed by atoms with Crippen LogP contribution in [-0.4, -0.2) is 16.0 Å². The number of rotatable bonds is 3. The number of nitrogens with two attached hydrogens (primary N) is 1. The van der Waals surface area contributed by atoms with Gasteiger partial charge in [0.15, 0.2) is 5.78 Å². The van der Waals surface area contributed by atoms with Crippen LogP contribution in [0.2, 0.25) is 5.02 Å². The lowest BCUT2D eigenvalue weighted by Gasteiger charge is -2.08. The Morgan fingerprint density at radius 2 is 1.90 bits per heavy atom. The maximum atomic E-state index is 13.0. The Morgan fingerprint density at radius 1 is 1.20 bits per heavy atom. The zero-order chi connectivity index (χ0) is 14.9. The largest absolute Gasteiger partial charge is 0.383 e. The number of aromatic nitrogens is 1. The molecule has 1 aromatic carbocycles. The first-order valence-corrected chi connectivity index (χ1v) is 6.11. The number of nitrogens with zero attached hydrogens (tertiary/aromatic N) is 1. The van der Waals surface area contributed by atoms with Gasteiger partial charge in [0.05, 0.1) is 10.6 Å². The molecule has 20 heavy (non-hydrogen) atoms. The SMILES string of the molecule is Nc1nccc(C(=O)c2ccc(F)cc2Cl)c1C(=O)Cl. The van der Waals surface area contributed by atoms with E-state index in [0.29, 0.717) is 0 Å². The van der Waals surface area contributed by atoms with Gasteiger partial charge in [-0.15, -0.1) is 0 Å². The molecule has 0 saturated heterocycles. The van der Waals surface area contributed by atoms with E-state index in [4.69, 9.17) is 28.9 Å². The molecule has 1 heterocycles. The molecule has 0 aliphatic heterocycles. The predicted molar refractivity (Wildman–Crippen MR) is 73.7 cm³/mol. The van der Waals surface area contributed by atoms with E-state index < -0.39 is 16.8 Å². The van der Waals surface area contributed by atoms with E-state index >= 15 is 0 Å². The van der Waals surface area contributed by atoms with Crippen molar-refractivity contribution in [2.45, 2.75) is 0 Å². The number of pyridine rings is 1. The van der Waals surface area contributed by atoms with Crippen LogP contribution in [0.5, 0.6) is 0 Å². The van der Waals surface area contributed by atoms with Crippen molar-refractivity contribution in [3.63, 3.8) is 0 Å². The molecule has 0 bridgehead atoms. The third-order valence-corrected chi connectivity index (χ3v) is 3.10. The highest BCUT2D eigenvalue weighted by atomic mass is 35.5. The first-order chi connectivity index (χ1) is 9.41. The summed E-state index contributed by atoms with van der Waals surface area (Å²) in [4.78, 5) is 27.4. The molecule has 0 amide bonds. The van der Waals surface area contributed by atoms with Crippen LogP contribution in [0.25, 0.3) is 0 Å². The van der Waals surface area contributed by atoms with Crippen molar-refractivity contribution in [1.29, 1.82) is 0 Å². The number of halogens is 3. The number of benzene rings is 1. The third kappa shape index (κ3) is 2.64. The fourth-order valence-electron chi connectivity index (χ4n) is 1.69. The van der Waals surface area contributed by atoms with Crippen molar-refractivity contribution in [3.8, 4) is 0 Å². The fraction of sp³-hybridized carbons (Fsp3) is 0. The van der Waals surface area contributed by atoms with Gasteiger partial charge in [-0.3, -0.25) is 9.59 Å². The van der Waals surface area contributed by atoms with Crippen LogP contribution in [0.1, 0.15) is 26.3 Å². The number of nitrogen functional groups attached to an aromatic ring is 1. The van der Waals surface area contributed by atoms with E-state index in [2.05, 4.69) is 4.98 Å². The van der Waals surface area contributed by atoms with E-state index in [0.717, 1.165) is 12.1 Å². The Morgan fingerprint density at radius 3 is 2.50 bits per heavy atom. The second-order valence-electron chi connectivity index (χ2n) is 3.85. The maximum Gasteiger partial charge on any atom is 0.256 e. The van der Waals surface area contributed by atoms with Gasteiger partial charge in [-0.1, -0.05) is 11.6 Å². The van der Waals surface area contributed by atoms with Crippen LogP contribution >= 0.6 is 23.2 Å². The Bertz CT molecular complexity index is 720. The van der Waals surface area contributed by atoms with Crippen LogP contribution in [0.15, 0.2) is 30.5 Å². The monoisotopic (exact) mass is 312 g/mol. The van der Waals surface area contributed by atoms with E-state index in [9.17, 15) is 14.0 Å². The number of anilines is 1. The molecule has 1 aromatic heterocycles. The Kier molecular flexibility index (Phi) is 4.01. The average molecular weight is 313 g/mol. The summed E-state index contributed by atoms with van der Waals surface area (Å²) in [6, 6.07) is 4.61. The summed E-state index contributed by atoms with van der Waals surface area (Å²) < 4.78 is 13.0. The third-order valence-electron chi connectivity index (χ3n) is 2.60. The van der Waals surface area contributed by atoms with Gasteiger partial charge in [-0.05, 0) is 35.9 Å². The van der Waals surface area contributed by atoms with Crippen LogP contribution in [0, 0.1) is 5.82 Å². The number of carbonyl (C=O) groups is 2. The molecule has 102 valence electrons. The van der Waals surface area contributed by atoms with Crippen LogP contribution in [-0.2, 0) is 0 Å². The topological polar surface area (TPSA) is 73.0 Å². The maximum absolute atomic E-state index is 13.0. The molecular formula is C13H7Cl2FN2O2. The van der Waals surface area contributed by atoms with Crippen molar-refractivity contribution in [3.05, 3.63) is 58.0 Å². The normalized spacial score (nSPS) is 10.3. The van der Waals surface area contributed by atoms with Crippen LogP contribution in [0.3, 0.4) is 0 Å². The molecule has 2 N–H and O–H groups in total. The van der Waals surface area contributed by atoms with E-state index in [1.807, 2.05) is 0 Å². The second-order valence-corrected chi connectivity index (χ2v) is 4.60. The molecular weight excluding hydrogens is 306 g/mol. The summed E-state index contributed by atoms with van der Waals surface area (Å²) in [5, 5.41) is -0.976. The molecule has 0 aliphatic rings. The van der Waals surface area contributed by atoms with Crippen molar-refractivity contribution in [2.75, 3.05) is 5.73 Å². The number of hydrogen-bond acceptors (Lipinski definition) is 4. The lowest BCUT2D eigenvalue weighted by atomic mass is 10.00. The van der Waals surface area contributed by atoms with Gasteiger partial charge in [0.25, 0.3) is 5.24 Å². The smallest absolute Gasteiger partial charge is 0.256 e. The van der Waals surface area contributed by atoms with E-state index in [1.165, 1.54) is 18.3 Å². The summed E-state index contributed by atoms with van der Waals surface area (Å²) in [5.41, 5.74) is 5.35. The molecule has 0 fully saturated rings. The molecule has 7 heteroatoms. The molecule has 0 radical (unpaired) electrons. The van der Waals surface area contributed by atoms with Crippen molar-refractivity contribution in [2.24, 2.45) is 0 Å². The molecule has 2 aromatic rings. The molecule has 0 atom stereocenters. The summed E-state index contributed by atoms with van der Waals surface area (Å²) in [5.74, 6) is -1.32. The molecule has 0 spiro atoms. The minimum atomic E-state index is -0.905. The quantitative estimate of drug-likeness (QED) is 0.698. The Hall–Kier alpha value is -1.98. The van der Waals surface area contributed by atoms with E-state index in [-0.39, 0.29) is 27.5 Å². The standard InChI is InChI=1S/C13H7Cl2FN2O2/c14-9-5-6(16)1-2-7(9)11(19)8-3-4-18-13(17)10(8)12(15)20/h1-5H,(H2,17,18). The number of hydrogen-bond donors (Lipinski definition) is 1. The average Bonchev–Trinajstić information content (AvgIpc) is 2.37. The highest BCUT2D eigenvalue weighted by Crippen LogP contribution is 2.24. The lowest BCUT2D eigenvalue weighted by molar-refractivity contribution is 0.102. The summed E-state index contributed by atoms with van der Waals surface area (Å²) >= 11 is 11.2. The molecule has 2 rings (SSSR count).